The van der Waals surface area contributed by atoms with E-state index in [0.29, 0.717) is 18.7 Å². The van der Waals surface area contributed by atoms with E-state index >= 15 is 0 Å². The van der Waals surface area contributed by atoms with Crippen molar-refractivity contribution in [2.75, 3.05) is 6.54 Å². The van der Waals surface area contributed by atoms with Crippen molar-refractivity contribution < 1.29 is 14.3 Å². The fraction of sp³-hybridized carbons (Fsp3) is 0.444. The molecule has 0 bridgehead atoms. The second-order valence-corrected chi connectivity index (χ2v) is 6.98. The lowest BCUT2D eigenvalue weighted by molar-refractivity contribution is 0.129. The molecular formula is C18H25FN4O2. The average Bonchev–Trinajstić information content (AvgIpc) is 2.99. The summed E-state index contributed by atoms with van der Waals surface area (Å²) in [6, 6.07) is 7.53. The Morgan fingerprint density at radius 3 is 2.60 bits per heavy atom. The summed E-state index contributed by atoms with van der Waals surface area (Å²) in [5.41, 5.74) is 1.26. The van der Waals surface area contributed by atoms with Gasteiger partial charge in [0.1, 0.15) is 5.82 Å². The van der Waals surface area contributed by atoms with Crippen molar-refractivity contribution in [3.05, 3.63) is 48.0 Å². The lowest BCUT2D eigenvalue weighted by Gasteiger charge is -2.26. The molecule has 0 aliphatic heterocycles. The van der Waals surface area contributed by atoms with Gasteiger partial charge < -0.3 is 15.7 Å². The Morgan fingerprint density at radius 2 is 1.96 bits per heavy atom. The van der Waals surface area contributed by atoms with Gasteiger partial charge in [0, 0.05) is 12.7 Å². The Morgan fingerprint density at radius 1 is 1.28 bits per heavy atom. The van der Waals surface area contributed by atoms with Gasteiger partial charge >= 0.3 is 6.03 Å². The summed E-state index contributed by atoms with van der Waals surface area (Å²) in [5.74, 6) is -0.298. The highest BCUT2D eigenvalue weighted by Crippen LogP contribution is 2.20. The highest BCUT2D eigenvalue weighted by atomic mass is 19.1. The smallest absolute Gasteiger partial charge is 0.315 e. The van der Waals surface area contributed by atoms with Gasteiger partial charge in [-0.25, -0.2) is 13.9 Å². The van der Waals surface area contributed by atoms with Gasteiger partial charge in [-0.05, 0) is 49.1 Å². The topological polar surface area (TPSA) is 79.2 Å². The molecule has 0 fully saturated rings. The van der Waals surface area contributed by atoms with E-state index in [-0.39, 0.29) is 23.8 Å². The largest absolute Gasteiger partial charge is 0.393 e. The quantitative estimate of drug-likeness (QED) is 0.720. The molecule has 1 unspecified atom stereocenters. The summed E-state index contributed by atoms with van der Waals surface area (Å²) < 4.78 is 14.6. The molecule has 2 rings (SSSR count). The predicted molar refractivity (Wildman–Crippen MR) is 93.8 cm³/mol. The minimum Gasteiger partial charge on any atom is -0.393 e. The molecule has 7 heteroatoms. The van der Waals surface area contributed by atoms with Crippen LogP contribution in [0.1, 0.15) is 32.9 Å². The molecule has 2 aromatic rings. The first-order chi connectivity index (χ1) is 11.7. The number of nitrogens with zero attached hydrogens (tertiary/aromatic N) is 2. The van der Waals surface area contributed by atoms with Crippen molar-refractivity contribution in [1.82, 2.24) is 20.4 Å². The fourth-order valence-electron chi connectivity index (χ4n) is 2.62. The predicted octanol–water partition coefficient (Wildman–Crippen LogP) is 2.61. The van der Waals surface area contributed by atoms with E-state index in [4.69, 9.17) is 0 Å². The van der Waals surface area contributed by atoms with Crippen LogP contribution in [0.5, 0.6) is 0 Å². The molecule has 1 atom stereocenters. The van der Waals surface area contributed by atoms with Crippen molar-refractivity contribution in [3.63, 3.8) is 0 Å². The number of halogens is 1. The Labute approximate surface area is 147 Å². The normalized spacial score (nSPS) is 12.7. The number of nitrogens with one attached hydrogen (secondary N) is 2. The molecule has 3 N–H and O–H groups in total. The number of aliphatic hydroxyl groups excluding tert-OH is 1. The molecule has 2 amide bonds. The van der Waals surface area contributed by atoms with Gasteiger partial charge in [-0.2, -0.15) is 5.10 Å². The Balaban J connectivity index is 1.81. The summed E-state index contributed by atoms with van der Waals surface area (Å²) in [6.45, 7) is 6.47. The van der Waals surface area contributed by atoms with Crippen LogP contribution in [-0.4, -0.2) is 33.6 Å². The molecule has 1 aromatic carbocycles. The number of hydrogen-bond donors (Lipinski definition) is 3. The van der Waals surface area contributed by atoms with Crippen molar-refractivity contribution in [1.29, 1.82) is 0 Å². The standard InChI is InChI=1S/C18H25FN4O2/c1-13(24)10-18(2,3)12-21-17(25)20-11-15-8-9-23(22-15)16-6-4-14(19)5-7-16/h4-9,13,24H,10-12H2,1-3H3,(H2,20,21,25). The molecule has 0 spiro atoms. The van der Waals surface area contributed by atoms with Crippen LogP contribution in [0.3, 0.4) is 0 Å². The minimum absolute atomic E-state index is 0.185. The summed E-state index contributed by atoms with van der Waals surface area (Å²) in [5, 5.41) is 19.4. The number of urea groups is 1. The molecule has 25 heavy (non-hydrogen) atoms. The maximum atomic E-state index is 12.9. The maximum Gasteiger partial charge on any atom is 0.315 e. The third-order valence-corrected chi connectivity index (χ3v) is 3.74. The summed E-state index contributed by atoms with van der Waals surface area (Å²) >= 11 is 0. The van der Waals surface area contributed by atoms with E-state index in [1.807, 2.05) is 13.8 Å². The van der Waals surface area contributed by atoms with Gasteiger partial charge in [0.05, 0.1) is 24.0 Å². The zero-order valence-corrected chi connectivity index (χ0v) is 14.8. The second kappa shape index (κ2) is 8.11. The lowest BCUT2D eigenvalue weighted by atomic mass is 9.87. The number of carbonyl (C=O) groups is 1. The zero-order chi connectivity index (χ0) is 18.4. The van der Waals surface area contributed by atoms with Gasteiger partial charge in [-0.3, -0.25) is 0 Å². The number of carbonyl (C=O) groups excluding carboxylic acids is 1. The maximum absolute atomic E-state index is 12.9. The third kappa shape index (κ3) is 6.19. The highest BCUT2D eigenvalue weighted by Gasteiger charge is 2.21. The van der Waals surface area contributed by atoms with Gasteiger partial charge in [0.15, 0.2) is 0 Å². The van der Waals surface area contributed by atoms with E-state index < -0.39 is 6.10 Å². The number of benzene rings is 1. The van der Waals surface area contributed by atoms with E-state index in [1.54, 1.807) is 36.0 Å². The van der Waals surface area contributed by atoms with Gasteiger partial charge in [-0.1, -0.05) is 13.8 Å². The first-order valence-electron chi connectivity index (χ1n) is 8.25. The van der Waals surface area contributed by atoms with Crippen LogP contribution in [0.25, 0.3) is 5.69 Å². The Hall–Kier alpha value is -2.41. The van der Waals surface area contributed by atoms with Crippen LogP contribution in [0.2, 0.25) is 0 Å². The number of aromatic nitrogens is 2. The minimum atomic E-state index is -0.407. The van der Waals surface area contributed by atoms with Crippen molar-refractivity contribution in [3.8, 4) is 5.69 Å². The zero-order valence-electron chi connectivity index (χ0n) is 14.8. The molecular weight excluding hydrogens is 323 g/mol. The van der Waals surface area contributed by atoms with Crippen molar-refractivity contribution >= 4 is 6.03 Å². The molecule has 0 radical (unpaired) electrons. The molecule has 6 nitrogen and oxygen atoms in total. The molecule has 136 valence electrons. The highest BCUT2D eigenvalue weighted by molar-refractivity contribution is 5.73. The Kier molecular flexibility index (Phi) is 6.14. The second-order valence-electron chi connectivity index (χ2n) is 6.98. The fourth-order valence-corrected chi connectivity index (χ4v) is 2.62. The molecule has 0 aliphatic carbocycles. The van der Waals surface area contributed by atoms with Crippen LogP contribution in [-0.2, 0) is 6.54 Å². The first kappa shape index (κ1) is 18.9. The van der Waals surface area contributed by atoms with Gasteiger partial charge in [0.25, 0.3) is 0 Å². The van der Waals surface area contributed by atoms with Crippen LogP contribution >= 0.6 is 0 Å². The monoisotopic (exact) mass is 348 g/mol. The summed E-state index contributed by atoms with van der Waals surface area (Å²) in [7, 11) is 0. The van der Waals surface area contributed by atoms with Gasteiger partial charge in [-0.15, -0.1) is 0 Å². The van der Waals surface area contributed by atoms with Crippen molar-refractivity contribution in [2.24, 2.45) is 5.41 Å². The van der Waals surface area contributed by atoms with Crippen LogP contribution in [0.4, 0.5) is 9.18 Å². The van der Waals surface area contributed by atoms with Crippen molar-refractivity contribution in [2.45, 2.75) is 39.8 Å². The number of rotatable bonds is 7. The molecule has 0 saturated heterocycles. The third-order valence-electron chi connectivity index (χ3n) is 3.74. The number of hydrogen-bond acceptors (Lipinski definition) is 3. The molecule has 1 heterocycles. The van der Waals surface area contributed by atoms with Gasteiger partial charge in [0.2, 0.25) is 0 Å². The summed E-state index contributed by atoms with van der Waals surface area (Å²) in [6.07, 6.45) is 1.96. The SMILES string of the molecule is CC(O)CC(C)(C)CNC(=O)NCc1ccn(-c2ccc(F)cc2)n1. The first-order valence-corrected chi connectivity index (χ1v) is 8.25. The average molecular weight is 348 g/mol. The Bertz CT molecular complexity index is 695. The van der Waals surface area contributed by atoms with E-state index in [9.17, 15) is 14.3 Å². The van der Waals surface area contributed by atoms with Crippen LogP contribution < -0.4 is 10.6 Å². The van der Waals surface area contributed by atoms with E-state index in [1.165, 1.54) is 12.1 Å². The molecule has 1 aromatic heterocycles. The number of aliphatic hydroxyl groups is 1. The molecule has 0 saturated carbocycles. The molecule has 0 aliphatic rings. The lowest BCUT2D eigenvalue weighted by Crippen LogP contribution is -2.41. The van der Waals surface area contributed by atoms with E-state index in [2.05, 4.69) is 15.7 Å². The number of amides is 2. The van der Waals surface area contributed by atoms with Crippen LogP contribution in [0.15, 0.2) is 36.5 Å². The van der Waals surface area contributed by atoms with Crippen LogP contribution in [0, 0.1) is 11.2 Å². The summed E-state index contributed by atoms with van der Waals surface area (Å²) in [4.78, 5) is 11.9. The van der Waals surface area contributed by atoms with E-state index in [0.717, 1.165) is 5.69 Å².